The van der Waals surface area contributed by atoms with Crippen LogP contribution in [0.4, 0.5) is 5.82 Å². The Morgan fingerprint density at radius 1 is 1.28 bits per heavy atom. The van der Waals surface area contributed by atoms with Crippen molar-refractivity contribution in [2.45, 2.75) is 25.7 Å². The molecule has 0 fully saturated rings. The molecule has 1 aromatic carbocycles. The van der Waals surface area contributed by atoms with Gasteiger partial charge in [0.25, 0.3) is 0 Å². The maximum atomic E-state index is 10.4. The first-order valence-corrected chi connectivity index (χ1v) is 6.30. The number of anilines is 1. The average Bonchev–Trinajstić information content (AvgIpc) is 2.70. The van der Waals surface area contributed by atoms with Gasteiger partial charge in [0.2, 0.25) is 0 Å². The number of phenols is 1. The summed E-state index contributed by atoms with van der Waals surface area (Å²) in [6.45, 7) is 0. The molecular weight excluding hydrogens is 226 g/mol. The quantitative estimate of drug-likeness (QED) is 0.807. The second-order valence-electron chi connectivity index (χ2n) is 4.88. The van der Waals surface area contributed by atoms with Crippen LogP contribution in [-0.4, -0.2) is 14.9 Å². The molecule has 3 rings (SSSR count). The second kappa shape index (κ2) is 4.05. The summed E-state index contributed by atoms with van der Waals surface area (Å²) in [5.41, 5.74) is 9.66. The molecule has 2 aromatic rings. The number of benzene rings is 1. The Balaban J connectivity index is 2.13. The normalized spacial score (nSPS) is 14.5. The third kappa shape index (κ3) is 1.65. The van der Waals surface area contributed by atoms with Crippen molar-refractivity contribution in [3.8, 4) is 17.0 Å². The van der Waals surface area contributed by atoms with Crippen molar-refractivity contribution in [2.24, 2.45) is 7.05 Å². The molecule has 1 aliphatic rings. The lowest BCUT2D eigenvalue weighted by molar-refractivity contribution is 0.463. The van der Waals surface area contributed by atoms with Crippen molar-refractivity contribution in [1.29, 1.82) is 0 Å². The van der Waals surface area contributed by atoms with E-state index < -0.39 is 0 Å². The molecule has 0 spiro atoms. The van der Waals surface area contributed by atoms with E-state index in [1.807, 2.05) is 6.07 Å². The van der Waals surface area contributed by atoms with E-state index in [2.05, 4.69) is 11.2 Å². The molecule has 0 saturated carbocycles. The van der Waals surface area contributed by atoms with Crippen LogP contribution in [0, 0.1) is 0 Å². The summed E-state index contributed by atoms with van der Waals surface area (Å²) in [5.74, 6) is 0.979. The number of hydrogen-bond acceptors (Lipinski definition) is 3. The molecule has 4 nitrogen and oxygen atoms in total. The highest BCUT2D eigenvalue weighted by molar-refractivity contribution is 5.71. The van der Waals surface area contributed by atoms with Crippen LogP contribution in [0.5, 0.6) is 5.75 Å². The summed E-state index contributed by atoms with van der Waals surface area (Å²) in [6, 6.07) is 5.85. The molecule has 0 amide bonds. The van der Waals surface area contributed by atoms with E-state index in [0.29, 0.717) is 11.6 Å². The van der Waals surface area contributed by atoms with Crippen LogP contribution in [0.2, 0.25) is 0 Å². The molecule has 0 saturated heterocycles. The maximum absolute atomic E-state index is 10.4. The fourth-order valence-corrected chi connectivity index (χ4v) is 2.63. The van der Waals surface area contributed by atoms with Crippen molar-refractivity contribution in [2.75, 3.05) is 5.73 Å². The van der Waals surface area contributed by atoms with Gasteiger partial charge >= 0.3 is 0 Å². The van der Waals surface area contributed by atoms with Gasteiger partial charge in [-0.1, -0.05) is 6.07 Å². The van der Waals surface area contributed by atoms with Gasteiger partial charge in [-0.15, -0.1) is 0 Å². The van der Waals surface area contributed by atoms with Gasteiger partial charge in [0.1, 0.15) is 11.6 Å². The highest BCUT2D eigenvalue weighted by Gasteiger charge is 2.18. The van der Waals surface area contributed by atoms with Crippen LogP contribution in [-0.2, 0) is 19.9 Å². The van der Waals surface area contributed by atoms with Gasteiger partial charge in [0, 0.05) is 18.7 Å². The number of aromatic hydroxyl groups is 1. The van der Waals surface area contributed by atoms with E-state index in [9.17, 15) is 5.11 Å². The summed E-state index contributed by atoms with van der Waals surface area (Å²) in [5, 5.41) is 14.7. The highest BCUT2D eigenvalue weighted by atomic mass is 16.3. The Bertz CT molecular complexity index is 582. The molecule has 0 aliphatic heterocycles. The van der Waals surface area contributed by atoms with Crippen molar-refractivity contribution >= 4 is 5.82 Å². The Morgan fingerprint density at radius 3 is 2.78 bits per heavy atom. The summed E-state index contributed by atoms with van der Waals surface area (Å²) in [6.07, 6.45) is 4.38. The van der Waals surface area contributed by atoms with Gasteiger partial charge in [-0.25, -0.2) is 0 Å². The Morgan fingerprint density at radius 2 is 2.06 bits per heavy atom. The predicted molar refractivity (Wildman–Crippen MR) is 71.4 cm³/mol. The zero-order valence-corrected chi connectivity index (χ0v) is 10.5. The molecule has 4 heteroatoms. The Kier molecular flexibility index (Phi) is 2.51. The smallest absolute Gasteiger partial charge is 0.128 e. The number of fused-ring (bicyclic) bond motifs is 1. The molecule has 3 N–H and O–H groups in total. The first-order chi connectivity index (χ1) is 8.66. The van der Waals surface area contributed by atoms with Gasteiger partial charge in [-0.05, 0) is 42.9 Å². The third-order valence-electron chi connectivity index (χ3n) is 3.69. The van der Waals surface area contributed by atoms with Crippen LogP contribution in [0.3, 0.4) is 0 Å². The third-order valence-corrected chi connectivity index (χ3v) is 3.69. The SMILES string of the molecule is Cn1nc(-c2ccc3c(c2O)CCCC3)cc1N. The average molecular weight is 243 g/mol. The Hall–Kier alpha value is -1.97. The maximum Gasteiger partial charge on any atom is 0.128 e. The van der Waals surface area contributed by atoms with Gasteiger partial charge in [-0.3, -0.25) is 4.68 Å². The molecule has 18 heavy (non-hydrogen) atoms. The Labute approximate surface area is 106 Å². The zero-order chi connectivity index (χ0) is 12.7. The molecule has 0 bridgehead atoms. The molecule has 0 atom stereocenters. The largest absolute Gasteiger partial charge is 0.507 e. The molecular formula is C14H17N3O. The number of hydrogen-bond donors (Lipinski definition) is 2. The van der Waals surface area contributed by atoms with E-state index in [1.165, 1.54) is 12.0 Å². The van der Waals surface area contributed by atoms with Gasteiger partial charge in [0.15, 0.2) is 0 Å². The molecule has 1 heterocycles. The highest BCUT2D eigenvalue weighted by Crippen LogP contribution is 2.37. The van der Waals surface area contributed by atoms with Crippen molar-refractivity contribution in [3.05, 3.63) is 29.3 Å². The molecule has 0 radical (unpaired) electrons. The van der Waals surface area contributed by atoms with Crippen LogP contribution in [0.1, 0.15) is 24.0 Å². The van der Waals surface area contributed by atoms with Crippen molar-refractivity contribution in [1.82, 2.24) is 9.78 Å². The van der Waals surface area contributed by atoms with Crippen molar-refractivity contribution < 1.29 is 5.11 Å². The minimum absolute atomic E-state index is 0.380. The number of nitrogens with two attached hydrogens (primary N) is 1. The lowest BCUT2D eigenvalue weighted by atomic mass is 9.89. The number of nitrogens with zero attached hydrogens (tertiary/aromatic N) is 2. The summed E-state index contributed by atoms with van der Waals surface area (Å²) in [4.78, 5) is 0. The van der Waals surface area contributed by atoms with Crippen LogP contribution >= 0.6 is 0 Å². The summed E-state index contributed by atoms with van der Waals surface area (Å²) in [7, 11) is 1.80. The fourth-order valence-electron chi connectivity index (χ4n) is 2.63. The van der Waals surface area contributed by atoms with E-state index in [-0.39, 0.29) is 0 Å². The number of nitrogen functional groups attached to an aromatic ring is 1. The molecule has 94 valence electrons. The number of aromatic nitrogens is 2. The van der Waals surface area contributed by atoms with Crippen LogP contribution in [0.15, 0.2) is 18.2 Å². The minimum atomic E-state index is 0.380. The van der Waals surface area contributed by atoms with E-state index in [0.717, 1.165) is 36.1 Å². The van der Waals surface area contributed by atoms with Gasteiger partial charge in [-0.2, -0.15) is 5.10 Å². The van der Waals surface area contributed by atoms with Gasteiger partial charge < -0.3 is 10.8 Å². The lowest BCUT2D eigenvalue weighted by Crippen LogP contribution is -2.03. The standard InChI is InChI=1S/C14H17N3O/c1-17-13(15)8-12(16-17)11-7-6-9-4-2-3-5-10(9)14(11)18/h6-8,18H,2-5,15H2,1H3. The molecule has 0 unspecified atom stereocenters. The minimum Gasteiger partial charge on any atom is -0.507 e. The first-order valence-electron chi connectivity index (χ1n) is 6.30. The monoisotopic (exact) mass is 243 g/mol. The molecule has 1 aliphatic carbocycles. The second-order valence-corrected chi connectivity index (χ2v) is 4.88. The van der Waals surface area contributed by atoms with Crippen LogP contribution < -0.4 is 5.73 Å². The summed E-state index contributed by atoms with van der Waals surface area (Å²) < 4.78 is 1.62. The lowest BCUT2D eigenvalue weighted by Gasteiger charge is -2.18. The van der Waals surface area contributed by atoms with E-state index in [1.54, 1.807) is 17.8 Å². The fraction of sp³-hybridized carbons (Fsp3) is 0.357. The molecule has 1 aromatic heterocycles. The van der Waals surface area contributed by atoms with E-state index in [4.69, 9.17) is 5.73 Å². The topological polar surface area (TPSA) is 64.1 Å². The summed E-state index contributed by atoms with van der Waals surface area (Å²) >= 11 is 0. The first kappa shape index (κ1) is 11.1. The van der Waals surface area contributed by atoms with Gasteiger partial charge in [0.05, 0.1) is 5.69 Å². The van der Waals surface area contributed by atoms with Crippen LogP contribution in [0.25, 0.3) is 11.3 Å². The zero-order valence-electron chi connectivity index (χ0n) is 10.5. The number of aryl methyl sites for hydroxylation is 2. The number of phenolic OH excluding ortho intramolecular Hbond substituents is 1. The number of rotatable bonds is 1. The van der Waals surface area contributed by atoms with E-state index >= 15 is 0 Å². The predicted octanol–water partition coefficient (Wildman–Crippen LogP) is 2.25. The van der Waals surface area contributed by atoms with Crippen molar-refractivity contribution in [3.63, 3.8) is 0 Å².